The van der Waals surface area contributed by atoms with Crippen LogP contribution in [-0.4, -0.2) is 43.2 Å². The lowest BCUT2D eigenvalue weighted by Gasteiger charge is -2.22. The number of alkyl halides is 2. The molecule has 1 rings (SSSR count). The molecule has 3 nitrogen and oxygen atoms in total. The summed E-state index contributed by atoms with van der Waals surface area (Å²) in [4.78, 5) is 0. The van der Waals surface area contributed by atoms with Gasteiger partial charge in [-0.2, -0.15) is 9.84 Å². The van der Waals surface area contributed by atoms with Crippen LogP contribution in [0.3, 0.4) is 0 Å². The standard InChI is InChI=1S/C16H31BrO2.C11H23BrO.H3P/c17-13-9-6-4-2-1-3-5-7-10-14-18-16-12-8-11-15-19-16;12-10-8-6-4-2-1-3-5-7-9-11-13;/h16H,1-15H2;13H,1-11H2;1H3/i;;1D. The molecular weight excluding hydrogens is 563 g/mol. The Morgan fingerprint density at radius 2 is 1.09 bits per heavy atom. The van der Waals surface area contributed by atoms with Crippen LogP contribution in [0.4, 0.5) is 0 Å². The quantitative estimate of drug-likeness (QED) is 0.0744. The van der Waals surface area contributed by atoms with Crippen molar-refractivity contribution in [1.82, 2.24) is 0 Å². The SMILES string of the molecule is BrCCCCCCCCCCCOC1CCCCO1.OCCCCCCCCCCCBr.[2H]P. The monoisotopic (exact) mass is 619 g/mol. The fourth-order valence-electron chi connectivity index (χ4n) is 3.94. The molecule has 2 atom stereocenters. The number of aliphatic hydroxyl groups excluding tert-OH is 1. The highest BCUT2D eigenvalue weighted by Crippen LogP contribution is 2.15. The van der Waals surface area contributed by atoms with E-state index in [1.807, 2.05) is 0 Å². The summed E-state index contributed by atoms with van der Waals surface area (Å²) in [6.07, 6.45) is 27.6. The molecule has 1 saturated heterocycles. The molecule has 202 valence electrons. The molecule has 2 unspecified atom stereocenters. The van der Waals surface area contributed by atoms with Crippen molar-refractivity contribution >= 4 is 41.7 Å². The summed E-state index contributed by atoms with van der Waals surface area (Å²) in [5, 5.41) is 10.9. The molecule has 1 fully saturated rings. The molecule has 0 radical (unpaired) electrons. The minimum Gasteiger partial charge on any atom is -0.396 e. The summed E-state index contributed by atoms with van der Waals surface area (Å²) in [5.41, 5.74) is 0. The Morgan fingerprint density at radius 1 is 0.667 bits per heavy atom. The average molecular weight is 622 g/mol. The largest absolute Gasteiger partial charge is 0.396 e. The minimum atomic E-state index is 0.100. The molecule has 0 bridgehead atoms. The molecule has 0 saturated carbocycles. The number of unbranched alkanes of at least 4 members (excludes halogenated alkanes) is 16. The van der Waals surface area contributed by atoms with E-state index in [-0.39, 0.29) is 6.29 Å². The third-order valence-electron chi connectivity index (χ3n) is 6.01. The van der Waals surface area contributed by atoms with Crippen molar-refractivity contribution < 1.29 is 14.6 Å². The lowest BCUT2D eigenvalue weighted by molar-refractivity contribution is -0.162. The van der Waals surface area contributed by atoms with Crippen molar-refractivity contribution in [1.29, 1.82) is 1.28 Å². The summed E-state index contributed by atoms with van der Waals surface area (Å²) in [6.45, 7) is 2.14. The van der Waals surface area contributed by atoms with Crippen LogP contribution in [0, 0.1) is 0 Å². The van der Waals surface area contributed by atoms with Gasteiger partial charge in [0.05, 0.1) is 1.28 Å². The van der Waals surface area contributed by atoms with Gasteiger partial charge in [0, 0.05) is 30.5 Å². The van der Waals surface area contributed by atoms with Crippen LogP contribution in [0.2, 0.25) is 0 Å². The van der Waals surface area contributed by atoms with Crippen LogP contribution in [0.1, 0.15) is 135 Å². The average Bonchev–Trinajstić information content (AvgIpc) is 2.88. The molecule has 33 heavy (non-hydrogen) atoms. The van der Waals surface area contributed by atoms with Crippen molar-refractivity contribution in [3.63, 3.8) is 0 Å². The first-order valence-corrected chi connectivity index (χ1v) is 16.1. The van der Waals surface area contributed by atoms with Crippen molar-refractivity contribution in [3.8, 4) is 0 Å². The van der Waals surface area contributed by atoms with Crippen LogP contribution in [0.25, 0.3) is 0 Å². The first-order valence-electron chi connectivity index (χ1n) is 14.4. The van der Waals surface area contributed by atoms with Gasteiger partial charge in [-0.1, -0.05) is 122 Å². The van der Waals surface area contributed by atoms with Gasteiger partial charge in [-0.3, -0.25) is 0 Å². The van der Waals surface area contributed by atoms with Crippen LogP contribution >= 0.6 is 41.7 Å². The molecular formula is C27H57Br2O3P. The summed E-state index contributed by atoms with van der Waals surface area (Å²) >= 11 is 6.91. The number of hydrogen-bond acceptors (Lipinski definition) is 3. The Balaban J connectivity index is 0. The maximum atomic E-state index is 8.56. The second kappa shape index (κ2) is 33.3. The zero-order valence-corrected chi connectivity index (χ0v) is 25.9. The number of halogens is 2. The highest BCUT2D eigenvalue weighted by atomic mass is 79.9. The maximum absolute atomic E-state index is 8.56. The van der Waals surface area contributed by atoms with Crippen LogP contribution in [0.5, 0.6) is 0 Å². The Labute approximate surface area is 228 Å². The number of aliphatic hydroxyl groups is 1. The smallest absolute Gasteiger partial charge is 0.157 e. The Kier molecular flexibility index (Phi) is 34.6. The molecule has 0 aromatic carbocycles. The molecule has 1 N–H and O–H groups in total. The lowest BCUT2D eigenvalue weighted by atomic mass is 10.1. The van der Waals surface area contributed by atoms with Crippen molar-refractivity contribution in [3.05, 3.63) is 0 Å². The molecule has 0 spiro atoms. The third kappa shape index (κ3) is 31.2. The van der Waals surface area contributed by atoms with Gasteiger partial charge in [-0.25, -0.2) is 0 Å². The van der Waals surface area contributed by atoms with Gasteiger partial charge in [-0.05, 0) is 44.9 Å². The molecule has 1 heterocycles. The van der Waals surface area contributed by atoms with E-state index in [9.17, 15) is 0 Å². The van der Waals surface area contributed by atoms with Gasteiger partial charge in [0.2, 0.25) is 0 Å². The van der Waals surface area contributed by atoms with Gasteiger partial charge in [-0.15, -0.1) is 0 Å². The van der Waals surface area contributed by atoms with E-state index < -0.39 is 0 Å². The number of ether oxygens (including phenoxy) is 2. The van der Waals surface area contributed by atoms with E-state index in [0.29, 0.717) is 6.61 Å². The number of hydrogen-bond donors (Lipinski definition) is 1. The highest BCUT2D eigenvalue weighted by molar-refractivity contribution is 9.09. The molecule has 0 amide bonds. The van der Waals surface area contributed by atoms with Crippen molar-refractivity contribution in [2.45, 2.75) is 141 Å². The fourth-order valence-corrected chi connectivity index (χ4v) is 4.73. The topological polar surface area (TPSA) is 38.7 Å². The van der Waals surface area contributed by atoms with Crippen LogP contribution in [-0.2, 0) is 9.47 Å². The van der Waals surface area contributed by atoms with E-state index in [1.54, 1.807) is 9.84 Å². The lowest BCUT2D eigenvalue weighted by Crippen LogP contribution is -2.22. The second-order valence-corrected chi connectivity index (χ2v) is 10.7. The van der Waals surface area contributed by atoms with Gasteiger partial charge < -0.3 is 14.6 Å². The zero-order valence-electron chi connectivity index (χ0n) is 22.6. The fraction of sp³-hybridized carbons (Fsp3) is 1.00. The van der Waals surface area contributed by atoms with Crippen molar-refractivity contribution in [2.24, 2.45) is 0 Å². The van der Waals surface area contributed by atoms with Gasteiger partial charge in [0.15, 0.2) is 6.29 Å². The van der Waals surface area contributed by atoms with E-state index in [4.69, 9.17) is 15.9 Å². The molecule has 0 aliphatic carbocycles. The number of rotatable bonds is 22. The summed E-state index contributed by atoms with van der Waals surface area (Å²) in [7, 11) is 1.67. The molecule has 1 aliphatic heterocycles. The zero-order chi connectivity index (χ0) is 25.4. The Morgan fingerprint density at radius 3 is 1.48 bits per heavy atom. The molecule has 1 aliphatic rings. The highest BCUT2D eigenvalue weighted by Gasteiger charge is 2.13. The predicted molar refractivity (Wildman–Crippen MR) is 158 cm³/mol. The molecule has 6 heteroatoms. The van der Waals surface area contributed by atoms with E-state index in [0.717, 1.165) is 36.7 Å². The van der Waals surface area contributed by atoms with Gasteiger partial charge >= 0.3 is 0 Å². The minimum absolute atomic E-state index is 0.100. The van der Waals surface area contributed by atoms with Crippen molar-refractivity contribution in [2.75, 3.05) is 30.5 Å². The summed E-state index contributed by atoms with van der Waals surface area (Å²) < 4.78 is 16.9. The second-order valence-electron chi connectivity index (χ2n) is 9.13. The van der Waals surface area contributed by atoms with Gasteiger partial charge in [0.25, 0.3) is 0 Å². The maximum Gasteiger partial charge on any atom is 0.157 e. The summed E-state index contributed by atoms with van der Waals surface area (Å²) in [5.74, 6) is 0. The predicted octanol–water partition coefficient (Wildman–Crippen LogP) is 9.38. The molecule has 0 aromatic rings. The first-order chi connectivity index (χ1) is 16.8. The van der Waals surface area contributed by atoms with Crippen LogP contribution in [0.15, 0.2) is 0 Å². The Bertz CT molecular complexity index is 329. The Hall–Kier alpha value is 1.27. The summed E-state index contributed by atoms with van der Waals surface area (Å²) in [6, 6.07) is 0. The van der Waals surface area contributed by atoms with E-state index in [1.165, 1.54) is 122 Å². The van der Waals surface area contributed by atoms with Gasteiger partial charge in [0.1, 0.15) is 0 Å². The molecule has 0 aromatic heterocycles. The third-order valence-corrected chi connectivity index (χ3v) is 7.13. The van der Waals surface area contributed by atoms with E-state index in [2.05, 4.69) is 31.9 Å². The van der Waals surface area contributed by atoms with Crippen LogP contribution < -0.4 is 0 Å². The first kappa shape index (κ1) is 34.3. The normalized spacial score (nSPS) is 15.8. The van der Waals surface area contributed by atoms with E-state index >= 15 is 0 Å².